The van der Waals surface area contributed by atoms with Crippen LogP contribution in [0.3, 0.4) is 0 Å². The van der Waals surface area contributed by atoms with Crippen LogP contribution in [0.25, 0.3) is 11.5 Å². The van der Waals surface area contributed by atoms with Crippen molar-refractivity contribution in [2.45, 2.75) is 24.7 Å². The van der Waals surface area contributed by atoms with Gasteiger partial charge in [0.2, 0.25) is 21.7 Å². The summed E-state index contributed by atoms with van der Waals surface area (Å²) in [6.45, 7) is 4.38. The van der Waals surface area contributed by atoms with Crippen molar-refractivity contribution in [3.8, 4) is 11.5 Å². The molecule has 0 radical (unpaired) electrons. The number of nitrogens with zero attached hydrogens (tertiary/aromatic N) is 5. The van der Waals surface area contributed by atoms with E-state index in [1.807, 2.05) is 26.0 Å². The van der Waals surface area contributed by atoms with E-state index in [0.29, 0.717) is 35.4 Å². The lowest BCUT2D eigenvalue weighted by Gasteiger charge is -2.36. The standard InChI is InChI=1S/C17H17N5O3S/c1-11-3-4-15(12(2)7-11)26(23,24)22-9-13(10-22)17-20-16(21-25-17)14-8-18-5-6-19-14/h3-8,13H,9-10H2,1-2H3. The van der Waals surface area contributed by atoms with Gasteiger partial charge in [-0.15, -0.1) is 0 Å². The Kier molecular flexibility index (Phi) is 4.04. The van der Waals surface area contributed by atoms with Gasteiger partial charge in [0.05, 0.1) is 17.0 Å². The third-order valence-corrected chi connectivity index (χ3v) is 6.37. The lowest BCUT2D eigenvalue weighted by molar-refractivity contribution is 0.216. The van der Waals surface area contributed by atoms with Gasteiger partial charge in [-0.3, -0.25) is 4.98 Å². The smallest absolute Gasteiger partial charge is 0.243 e. The fraction of sp³-hybridized carbons (Fsp3) is 0.294. The molecule has 134 valence electrons. The second-order valence-corrected chi connectivity index (χ2v) is 8.24. The highest BCUT2D eigenvalue weighted by molar-refractivity contribution is 7.89. The van der Waals surface area contributed by atoms with Crippen molar-refractivity contribution >= 4 is 10.0 Å². The first-order valence-corrected chi connectivity index (χ1v) is 9.56. The zero-order chi connectivity index (χ0) is 18.3. The predicted molar refractivity (Wildman–Crippen MR) is 92.7 cm³/mol. The fourth-order valence-electron chi connectivity index (χ4n) is 2.94. The topological polar surface area (TPSA) is 102 Å². The zero-order valence-corrected chi connectivity index (χ0v) is 15.1. The van der Waals surface area contributed by atoms with Crippen LogP contribution < -0.4 is 0 Å². The molecule has 4 rings (SSSR count). The maximum absolute atomic E-state index is 12.8. The van der Waals surface area contributed by atoms with Gasteiger partial charge in [-0.2, -0.15) is 9.29 Å². The van der Waals surface area contributed by atoms with Gasteiger partial charge in [-0.1, -0.05) is 22.9 Å². The highest BCUT2D eigenvalue weighted by atomic mass is 32.2. The molecule has 0 aliphatic carbocycles. The molecule has 0 amide bonds. The molecule has 3 aromatic rings. The lowest BCUT2D eigenvalue weighted by atomic mass is 10.0. The molecule has 0 spiro atoms. The summed E-state index contributed by atoms with van der Waals surface area (Å²) in [6, 6.07) is 5.34. The van der Waals surface area contributed by atoms with Gasteiger partial charge in [-0.05, 0) is 25.5 Å². The number of aromatic nitrogens is 4. The van der Waals surface area contributed by atoms with Gasteiger partial charge in [0, 0.05) is 25.5 Å². The Morgan fingerprint density at radius 3 is 2.69 bits per heavy atom. The minimum absolute atomic E-state index is 0.117. The molecule has 1 aliphatic rings. The van der Waals surface area contributed by atoms with Crippen molar-refractivity contribution in [1.29, 1.82) is 0 Å². The Hall–Kier alpha value is -2.65. The summed E-state index contributed by atoms with van der Waals surface area (Å²) < 4.78 is 32.3. The zero-order valence-electron chi connectivity index (χ0n) is 14.3. The van der Waals surface area contributed by atoms with Crippen LogP contribution in [0.15, 0.2) is 46.2 Å². The summed E-state index contributed by atoms with van der Waals surface area (Å²) in [6.07, 6.45) is 4.66. The molecule has 1 saturated heterocycles. The van der Waals surface area contributed by atoms with Crippen LogP contribution in [-0.4, -0.2) is 45.9 Å². The van der Waals surface area contributed by atoms with Crippen LogP contribution in [-0.2, 0) is 10.0 Å². The number of hydrogen-bond donors (Lipinski definition) is 0. The largest absolute Gasteiger partial charge is 0.339 e. The molecule has 1 aliphatic heterocycles. The first-order valence-electron chi connectivity index (χ1n) is 8.12. The quantitative estimate of drug-likeness (QED) is 0.690. The van der Waals surface area contributed by atoms with E-state index in [0.717, 1.165) is 11.1 Å². The second-order valence-electron chi connectivity index (χ2n) is 6.33. The monoisotopic (exact) mass is 371 g/mol. The van der Waals surface area contributed by atoms with Gasteiger partial charge in [0.15, 0.2) is 0 Å². The number of rotatable bonds is 4. The Morgan fingerprint density at radius 1 is 1.19 bits per heavy atom. The normalized spacial score (nSPS) is 15.8. The van der Waals surface area contributed by atoms with Crippen molar-refractivity contribution in [2.24, 2.45) is 0 Å². The second kappa shape index (κ2) is 6.26. The average molecular weight is 371 g/mol. The summed E-state index contributed by atoms with van der Waals surface area (Å²) in [7, 11) is -3.51. The summed E-state index contributed by atoms with van der Waals surface area (Å²) in [4.78, 5) is 12.8. The molecule has 1 aromatic carbocycles. The van der Waals surface area contributed by atoms with Crippen molar-refractivity contribution in [3.05, 3.63) is 53.8 Å². The van der Waals surface area contributed by atoms with Gasteiger partial charge >= 0.3 is 0 Å². The molecule has 26 heavy (non-hydrogen) atoms. The van der Waals surface area contributed by atoms with Crippen LogP contribution in [0.4, 0.5) is 0 Å². The Labute approximate surface area is 151 Å². The highest BCUT2D eigenvalue weighted by Gasteiger charge is 2.40. The van der Waals surface area contributed by atoms with Gasteiger partial charge < -0.3 is 4.52 Å². The maximum atomic E-state index is 12.8. The van der Waals surface area contributed by atoms with Crippen LogP contribution in [0, 0.1) is 13.8 Å². The predicted octanol–water partition coefficient (Wildman–Crippen LogP) is 1.93. The Morgan fingerprint density at radius 2 is 2.00 bits per heavy atom. The van der Waals surface area contributed by atoms with E-state index >= 15 is 0 Å². The maximum Gasteiger partial charge on any atom is 0.243 e. The molecule has 2 aromatic heterocycles. The van der Waals surface area contributed by atoms with E-state index in [-0.39, 0.29) is 5.92 Å². The summed E-state index contributed by atoms with van der Waals surface area (Å²) >= 11 is 0. The molecule has 0 saturated carbocycles. The van der Waals surface area contributed by atoms with Crippen LogP contribution in [0.1, 0.15) is 22.9 Å². The molecule has 9 heteroatoms. The highest BCUT2D eigenvalue weighted by Crippen LogP contribution is 2.32. The molecule has 0 unspecified atom stereocenters. The molecule has 0 bridgehead atoms. The van der Waals surface area contributed by atoms with Crippen molar-refractivity contribution < 1.29 is 12.9 Å². The molecule has 8 nitrogen and oxygen atoms in total. The first kappa shape index (κ1) is 16.8. The molecule has 0 atom stereocenters. The first-order chi connectivity index (χ1) is 12.4. The molecule has 1 fully saturated rings. The van der Waals surface area contributed by atoms with Crippen molar-refractivity contribution in [1.82, 2.24) is 24.4 Å². The van der Waals surface area contributed by atoms with E-state index in [4.69, 9.17) is 4.52 Å². The van der Waals surface area contributed by atoms with E-state index in [1.54, 1.807) is 24.7 Å². The van der Waals surface area contributed by atoms with Crippen LogP contribution in [0.2, 0.25) is 0 Å². The van der Waals surface area contributed by atoms with Gasteiger partial charge in [-0.25, -0.2) is 13.4 Å². The SMILES string of the molecule is Cc1ccc(S(=O)(=O)N2CC(c3nc(-c4cnccn4)no3)C2)c(C)c1. The summed E-state index contributed by atoms with van der Waals surface area (Å²) in [5, 5.41) is 3.90. The fourth-order valence-corrected chi connectivity index (χ4v) is 4.67. The molecular weight excluding hydrogens is 354 g/mol. The number of sulfonamides is 1. The third-order valence-electron chi connectivity index (χ3n) is 4.38. The van der Waals surface area contributed by atoms with E-state index in [9.17, 15) is 8.42 Å². The number of hydrogen-bond acceptors (Lipinski definition) is 7. The summed E-state index contributed by atoms with van der Waals surface area (Å²) in [5.74, 6) is 0.648. The minimum Gasteiger partial charge on any atom is -0.339 e. The molecular formula is C17H17N5O3S. The van der Waals surface area contributed by atoms with E-state index in [1.165, 1.54) is 4.31 Å². The van der Waals surface area contributed by atoms with Gasteiger partial charge in [0.1, 0.15) is 5.69 Å². The average Bonchev–Trinajstić information content (AvgIpc) is 3.03. The number of benzene rings is 1. The lowest BCUT2D eigenvalue weighted by Crippen LogP contribution is -2.48. The molecule has 0 N–H and O–H groups in total. The minimum atomic E-state index is -3.51. The van der Waals surface area contributed by atoms with E-state index in [2.05, 4.69) is 20.1 Å². The van der Waals surface area contributed by atoms with E-state index < -0.39 is 10.0 Å². The van der Waals surface area contributed by atoms with Crippen LogP contribution in [0.5, 0.6) is 0 Å². The Balaban J connectivity index is 1.49. The van der Waals surface area contributed by atoms with Crippen LogP contribution >= 0.6 is 0 Å². The van der Waals surface area contributed by atoms with Gasteiger partial charge in [0.25, 0.3) is 0 Å². The van der Waals surface area contributed by atoms with Crippen molar-refractivity contribution in [2.75, 3.05) is 13.1 Å². The summed E-state index contributed by atoms with van der Waals surface area (Å²) in [5.41, 5.74) is 2.29. The van der Waals surface area contributed by atoms with Crippen molar-refractivity contribution in [3.63, 3.8) is 0 Å². The number of aryl methyl sites for hydroxylation is 2. The third kappa shape index (κ3) is 2.89. The Bertz CT molecular complexity index is 1040. The molecule has 3 heterocycles.